The third kappa shape index (κ3) is 7.80. The number of aromatic nitrogens is 4. The first kappa shape index (κ1) is 31.5. The van der Waals surface area contributed by atoms with E-state index in [9.17, 15) is 35.9 Å². The molecule has 1 N–H and O–H groups in total. The Kier molecular flexibility index (Phi) is 9.41. The van der Waals surface area contributed by atoms with Crippen molar-refractivity contribution in [2.24, 2.45) is 0 Å². The second-order valence-corrected chi connectivity index (χ2v) is 9.31. The number of nitrogens with one attached hydrogen (secondary N) is 1. The zero-order chi connectivity index (χ0) is 30.6. The van der Waals surface area contributed by atoms with Gasteiger partial charge in [0.15, 0.2) is 11.6 Å². The number of halogens is 6. The maximum atomic E-state index is 13.1. The molecule has 0 saturated carbocycles. The van der Waals surface area contributed by atoms with Gasteiger partial charge in [-0.25, -0.2) is 9.97 Å². The van der Waals surface area contributed by atoms with Crippen molar-refractivity contribution in [1.29, 1.82) is 0 Å². The first-order chi connectivity index (χ1) is 19.1. The summed E-state index contributed by atoms with van der Waals surface area (Å²) in [5.74, 6) is -1.11. The first-order valence-corrected chi connectivity index (χ1v) is 12.5. The van der Waals surface area contributed by atoms with Crippen LogP contribution in [0.2, 0.25) is 0 Å². The fraction of sp³-hybridized carbons (Fsp3) is 0.423. The van der Waals surface area contributed by atoms with E-state index in [1.165, 1.54) is 23.0 Å². The second kappa shape index (κ2) is 12.2. The molecule has 3 heterocycles. The van der Waals surface area contributed by atoms with Crippen LogP contribution in [0.25, 0.3) is 5.82 Å². The van der Waals surface area contributed by atoms with E-state index in [2.05, 4.69) is 20.4 Å². The fourth-order valence-electron chi connectivity index (χ4n) is 3.94. The molecule has 1 aliphatic rings. The van der Waals surface area contributed by atoms with Crippen molar-refractivity contribution < 1.29 is 40.7 Å². The number of alkyl halides is 6. The number of benzene rings is 1. The quantitative estimate of drug-likeness (QED) is 0.427. The van der Waals surface area contributed by atoms with E-state index >= 15 is 0 Å². The highest BCUT2D eigenvalue weighted by atomic mass is 19.4. The van der Waals surface area contributed by atoms with Crippen molar-refractivity contribution >= 4 is 11.8 Å². The maximum Gasteiger partial charge on any atom is 0.416 e. The van der Waals surface area contributed by atoms with Crippen LogP contribution < -0.4 is 5.32 Å². The first-order valence-electron chi connectivity index (χ1n) is 12.5. The summed E-state index contributed by atoms with van der Waals surface area (Å²) in [6, 6.07) is 3.62. The predicted molar refractivity (Wildman–Crippen MR) is 134 cm³/mol. The van der Waals surface area contributed by atoms with Crippen LogP contribution in [0.5, 0.6) is 0 Å². The molecule has 0 unspecified atom stereocenters. The number of amides is 2. The van der Waals surface area contributed by atoms with Crippen LogP contribution in [0.15, 0.2) is 42.9 Å². The van der Waals surface area contributed by atoms with Crippen LogP contribution in [0, 0.1) is 0 Å². The smallest absolute Gasteiger partial charge is 0.372 e. The zero-order valence-corrected chi connectivity index (χ0v) is 22.6. The highest BCUT2D eigenvalue weighted by Gasteiger charge is 2.37. The number of pyridine rings is 1. The number of hydrogen-bond donors (Lipinski definition) is 1. The van der Waals surface area contributed by atoms with Gasteiger partial charge < -0.3 is 15.0 Å². The number of carbonyl (C=O) groups is 2. The summed E-state index contributed by atoms with van der Waals surface area (Å²) in [6.07, 6.45) is -7.71. The van der Waals surface area contributed by atoms with Crippen LogP contribution in [-0.4, -0.2) is 61.8 Å². The molecule has 0 spiro atoms. The third-order valence-electron chi connectivity index (χ3n) is 5.80. The molecule has 4 rings (SSSR count). The Morgan fingerprint density at radius 3 is 2.15 bits per heavy atom. The summed E-state index contributed by atoms with van der Waals surface area (Å²) >= 11 is 0. The van der Waals surface area contributed by atoms with Gasteiger partial charge in [0.05, 0.1) is 35.4 Å². The lowest BCUT2D eigenvalue weighted by molar-refractivity contribution is -0.143. The molecule has 2 aromatic heterocycles. The van der Waals surface area contributed by atoms with Gasteiger partial charge in [-0.2, -0.15) is 36.1 Å². The molecule has 1 aromatic carbocycles. The van der Waals surface area contributed by atoms with Gasteiger partial charge in [0.2, 0.25) is 0 Å². The van der Waals surface area contributed by atoms with Gasteiger partial charge in [0.1, 0.15) is 6.33 Å². The second-order valence-electron chi connectivity index (χ2n) is 9.31. The van der Waals surface area contributed by atoms with Gasteiger partial charge in [-0.1, -0.05) is 13.8 Å². The van der Waals surface area contributed by atoms with Crippen LogP contribution in [0.1, 0.15) is 65.4 Å². The lowest BCUT2D eigenvalue weighted by Gasteiger charge is -2.38. The number of ether oxygens (including phenoxy) is 1. The third-order valence-corrected chi connectivity index (χ3v) is 5.80. The van der Waals surface area contributed by atoms with E-state index in [0.717, 1.165) is 6.33 Å². The SMILES string of the molecule is CC.CC1(C)CN(C(=O)c2ccc(-n3ncnc3CNC(=O)c3cc(C(F)(F)F)cc(C(F)(F)F)c3)nc2)CCO1. The van der Waals surface area contributed by atoms with E-state index < -0.39 is 40.6 Å². The number of carbonyl (C=O) groups excluding carboxylic acids is 2. The van der Waals surface area contributed by atoms with Crippen molar-refractivity contribution in [3.05, 3.63) is 70.9 Å². The largest absolute Gasteiger partial charge is 0.416 e. The van der Waals surface area contributed by atoms with E-state index in [-0.39, 0.29) is 30.2 Å². The number of nitrogens with zero attached hydrogens (tertiary/aromatic N) is 5. The molecule has 222 valence electrons. The van der Waals surface area contributed by atoms with Crippen molar-refractivity contribution in [2.75, 3.05) is 19.7 Å². The van der Waals surface area contributed by atoms with Gasteiger partial charge in [-0.05, 0) is 44.2 Å². The number of rotatable bonds is 5. The molecule has 41 heavy (non-hydrogen) atoms. The lowest BCUT2D eigenvalue weighted by Crippen LogP contribution is -2.50. The van der Waals surface area contributed by atoms with E-state index in [1.54, 1.807) is 4.90 Å². The van der Waals surface area contributed by atoms with Crippen molar-refractivity contribution in [3.8, 4) is 5.82 Å². The summed E-state index contributed by atoms with van der Waals surface area (Å²) in [5.41, 5.74) is -4.20. The van der Waals surface area contributed by atoms with E-state index in [4.69, 9.17) is 4.74 Å². The summed E-state index contributed by atoms with van der Waals surface area (Å²) in [5, 5.41) is 6.25. The molecule has 15 heteroatoms. The van der Waals surface area contributed by atoms with Gasteiger partial charge in [0.25, 0.3) is 11.8 Å². The molecule has 0 atom stereocenters. The Balaban J connectivity index is 0.00000226. The fourth-order valence-corrected chi connectivity index (χ4v) is 3.94. The predicted octanol–water partition coefficient (Wildman–Crippen LogP) is 4.91. The maximum absolute atomic E-state index is 13.1. The minimum atomic E-state index is -5.09. The highest BCUT2D eigenvalue weighted by Crippen LogP contribution is 2.36. The average molecular weight is 587 g/mol. The van der Waals surface area contributed by atoms with Gasteiger partial charge in [0, 0.05) is 24.8 Å². The Bertz CT molecular complexity index is 1340. The van der Waals surface area contributed by atoms with Gasteiger partial charge in [-0.3, -0.25) is 9.59 Å². The molecule has 1 saturated heterocycles. The lowest BCUT2D eigenvalue weighted by atomic mass is 10.0. The molecule has 1 aliphatic heterocycles. The molecule has 0 aliphatic carbocycles. The minimum Gasteiger partial charge on any atom is -0.372 e. The van der Waals surface area contributed by atoms with E-state index in [0.29, 0.717) is 37.4 Å². The van der Waals surface area contributed by atoms with Gasteiger partial charge >= 0.3 is 12.4 Å². The molecular weight excluding hydrogens is 558 g/mol. The van der Waals surface area contributed by atoms with Gasteiger partial charge in [-0.15, -0.1) is 0 Å². The Hall–Kier alpha value is -4.01. The summed E-state index contributed by atoms with van der Waals surface area (Å²) in [6.45, 7) is 8.59. The van der Waals surface area contributed by atoms with Crippen molar-refractivity contribution in [3.63, 3.8) is 0 Å². The van der Waals surface area contributed by atoms with Crippen LogP contribution in [-0.2, 0) is 23.6 Å². The molecule has 2 amide bonds. The Morgan fingerprint density at radius 2 is 1.61 bits per heavy atom. The van der Waals surface area contributed by atoms with Crippen molar-refractivity contribution in [1.82, 2.24) is 30.0 Å². The minimum absolute atomic E-state index is 0.0621. The van der Waals surface area contributed by atoms with Crippen LogP contribution in [0.4, 0.5) is 26.3 Å². The number of hydrogen-bond acceptors (Lipinski definition) is 6. The van der Waals surface area contributed by atoms with Crippen LogP contribution >= 0.6 is 0 Å². The molecule has 3 aromatic rings. The molecule has 0 radical (unpaired) electrons. The Morgan fingerprint density at radius 1 is 0.976 bits per heavy atom. The van der Waals surface area contributed by atoms with E-state index in [1.807, 2.05) is 27.7 Å². The summed E-state index contributed by atoms with van der Waals surface area (Å²) in [4.78, 5) is 35.2. The summed E-state index contributed by atoms with van der Waals surface area (Å²) in [7, 11) is 0. The Labute approximate surface area is 231 Å². The zero-order valence-electron chi connectivity index (χ0n) is 22.6. The normalized spacial score (nSPS) is 15.1. The molecular formula is C26H28F6N6O3. The highest BCUT2D eigenvalue weighted by molar-refractivity contribution is 5.95. The average Bonchev–Trinajstić information content (AvgIpc) is 3.39. The molecule has 1 fully saturated rings. The van der Waals surface area contributed by atoms with Crippen LogP contribution in [0.3, 0.4) is 0 Å². The summed E-state index contributed by atoms with van der Waals surface area (Å²) < 4.78 is 85.5. The molecule has 0 bridgehead atoms. The molecule has 9 nitrogen and oxygen atoms in total. The van der Waals surface area contributed by atoms with Crippen molar-refractivity contribution in [2.45, 2.75) is 52.2 Å². The number of morpholine rings is 1. The monoisotopic (exact) mass is 586 g/mol. The topological polar surface area (TPSA) is 102 Å². The standard InChI is InChI=1S/C24H22F6N6O3.C2H6/c1-22(2)12-35(5-6-39-22)21(38)14-3-4-18(31-10-14)36-19(33-13-34-36)11-32-20(37)15-7-16(23(25,26)27)9-17(8-15)24(28,29)30;1-2/h3-4,7-10,13H,5-6,11-12H2,1-2H3,(H,32,37);1-2H3.